The number of benzene rings is 1. The molecule has 0 radical (unpaired) electrons. The number of halogens is 2. The van der Waals surface area contributed by atoms with E-state index in [0.29, 0.717) is 22.3 Å². The van der Waals surface area contributed by atoms with E-state index in [9.17, 15) is 18.4 Å². The number of aryl methyl sites for hydroxylation is 1. The lowest BCUT2D eigenvalue weighted by Gasteiger charge is -2.14. The first-order chi connectivity index (χ1) is 13.3. The van der Waals surface area contributed by atoms with Gasteiger partial charge in [0.2, 0.25) is 5.91 Å². The van der Waals surface area contributed by atoms with Gasteiger partial charge in [0, 0.05) is 29.4 Å². The van der Waals surface area contributed by atoms with Crippen molar-refractivity contribution in [3.8, 4) is 6.07 Å². The molecular weight excluding hydrogens is 368 g/mol. The predicted molar refractivity (Wildman–Crippen MR) is 96.2 cm³/mol. The van der Waals surface area contributed by atoms with E-state index in [1.54, 1.807) is 13.8 Å². The number of pyridine rings is 1. The summed E-state index contributed by atoms with van der Waals surface area (Å²) < 4.78 is 26.9. The number of nitriles is 1. The molecule has 0 aliphatic carbocycles. The fourth-order valence-corrected chi connectivity index (χ4v) is 2.84. The summed E-state index contributed by atoms with van der Waals surface area (Å²) in [5.41, 5.74) is 0.460. The minimum atomic E-state index is -1.07. The van der Waals surface area contributed by atoms with E-state index in [1.165, 1.54) is 12.4 Å². The van der Waals surface area contributed by atoms with Crippen LogP contribution in [-0.4, -0.2) is 20.9 Å². The Morgan fingerprint density at radius 1 is 1.29 bits per heavy atom. The molecule has 9 heteroatoms. The third kappa shape index (κ3) is 3.71. The summed E-state index contributed by atoms with van der Waals surface area (Å²) in [6, 6.07) is 3.25. The third-order valence-corrected chi connectivity index (χ3v) is 4.34. The number of aromatic nitrogens is 3. The van der Waals surface area contributed by atoms with Crippen LogP contribution in [-0.2, 0) is 11.2 Å². The Labute approximate surface area is 158 Å². The van der Waals surface area contributed by atoms with Crippen molar-refractivity contribution in [1.29, 1.82) is 5.26 Å². The number of nitrogens with zero attached hydrogens (tertiary/aromatic N) is 3. The number of nitrogens with one attached hydrogen (secondary N) is 2. The summed E-state index contributed by atoms with van der Waals surface area (Å²) in [6.07, 6.45) is 2.43. The SMILES string of the molecule is Cc1c(CC(=O)N[C@H](C)c2ncc(C#N)cn2)c(=O)[nH]c2cc(F)c(F)cc12. The molecule has 2 heterocycles. The highest BCUT2D eigenvalue weighted by Gasteiger charge is 2.18. The molecule has 7 nitrogen and oxygen atoms in total. The summed E-state index contributed by atoms with van der Waals surface area (Å²) in [7, 11) is 0. The van der Waals surface area contributed by atoms with Gasteiger partial charge in [0.25, 0.3) is 5.56 Å². The van der Waals surface area contributed by atoms with E-state index in [0.717, 1.165) is 12.1 Å². The number of carbonyl (C=O) groups is 1. The van der Waals surface area contributed by atoms with Crippen LogP contribution in [0.15, 0.2) is 29.3 Å². The Hall–Kier alpha value is -3.67. The summed E-state index contributed by atoms with van der Waals surface area (Å²) in [6.45, 7) is 3.24. The van der Waals surface area contributed by atoms with E-state index in [-0.39, 0.29) is 17.5 Å². The van der Waals surface area contributed by atoms with Crippen molar-refractivity contribution in [1.82, 2.24) is 20.3 Å². The molecule has 0 fully saturated rings. The molecule has 0 aliphatic heterocycles. The average Bonchev–Trinajstić information content (AvgIpc) is 2.67. The van der Waals surface area contributed by atoms with Crippen molar-refractivity contribution in [2.45, 2.75) is 26.3 Å². The number of fused-ring (bicyclic) bond motifs is 1. The first-order valence-electron chi connectivity index (χ1n) is 8.32. The summed E-state index contributed by atoms with van der Waals surface area (Å²) >= 11 is 0. The molecular formula is C19H15F2N5O2. The van der Waals surface area contributed by atoms with E-state index in [1.807, 2.05) is 6.07 Å². The first kappa shape index (κ1) is 19.1. The number of aromatic amines is 1. The normalized spacial score (nSPS) is 11.8. The van der Waals surface area contributed by atoms with Gasteiger partial charge in [-0.1, -0.05) is 0 Å². The van der Waals surface area contributed by atoms with E-state index < -0.39 is 29.1 Å². The molecule has 2 aromatic heterocycles. The topological polar surface area (TPSA) is 112 Å². The molecule has 1 aromatic carbocycles. The van der Waals surface area contributed by atoms with E-state index in [4.69, 9.17) is 5.26 Å². The molecule has 1 atom stereocenters. The number of hydrogen-bond donors (Lipinski definition) is 2. The van der Waals surface area contributed by atoms with Crippen LogP contribution < -0.4 is 10.9 Å². The highest BCUT2D eigenvalue weighted by Crippen LogP contribution is 2.21. The molecule has 1 amide bonds. The molecule has 142 valence electrons. The highest BCUT2D eigenvalue weighted by atomic mass is 19.2. The summed E-state index contributed by atoms with van der Waals surface area (Å²) in [5.74, 6) is -2.25. The van der Waals surface area contributed by atoms with Crippen molar-refractivity contribution in [2.24, 2.45) is 0 Å². The van der Waals surface area contributed by atoms with Gasteiger partial charge in [-0.05, 0) is 25.5 Å². The van der Waals surface area contributed by atoms with Gasteiger partial charge in [-0.15, -0.1) is 0 Å². The van der Waals surface area contributed by atoms with Gasteiger partial charge in [0.15, 0.2) is 11.6 Å². The van der Waals surface area contributed by atoms with Crippen molar-refractivity contribution in [3.05, 3.63) is 69.0 Å². The average molecular weight is 383 g/mol. The van der Waals surface area contributed by atoms with Crippen LogP contribution >= 0.6 is 0 Å². The molecule has 0 unspecified atom stereocenters. The predicted octanol–water partition coefficient (Wildman–Crippen LogP) is 2.20. The zero-order chi connectivity index (χ0) is 20.4. The van der Waals surface area contributed by atoms with Gasteiger partial charge >= 0.3 is 0 Å². The van der Waals surface area contributed by atoms with Crippen LogP contribution in [0.5, 0.6) is 0 Å². The number of hydrogen-bond acceptors (Lipinski definition) is 5. The molecule has 0 bridgehead atoms. The van der Waals surface area contributed by atoms with Crippen molar-refractivity contribution in [2.75, 3.05) is 0 Å². The summed E-state index contributed by atoms with van der Waals surface area (Å²) in [5, 5.41) is 11.8. The second kappa shape index (κ2) is 7.52. The van der Waals surface area contributed by atoms with Crippen LogP contribution in [0.3, 0.4) is 0 Å². The van der Waals surface area contributed by atoms with E-state index in [2.05, 4.69) is 20.3 Å². The van der Waals surface area contributed by atoms with Gasteiger partial charge in [0.1, 0.15) is 11.9 Å². The fraction of sp³-hybridized carbons (Fsp3) is 0.211. The Morgan fingerprint density at radius 3 is 2.57 bits per heavy atom. The Kier molecular flexibility index (Phi) is 5.13. The zero-order valence-corrected chi connectivity index (χ0v) is 15.0. The molecule has 3 aromatic rings. The zero-order valence-electron chi connectivity index (χ0n) is 15.0. The van der Waals surface area contributed by atoms with Crippen LogP contribution in [0.1, 0.15) is 35.5 Å². The monoisotopic (exact) mass is 383 g/mol. The minimum absolute atomic E-state index is 0.156. The van der Waals surface area contributed by atoms with Gasteiger partial charge < -0.3 is 10.3 Å². The lowest BCUT2D eigenvalue weighted by atomic mass is 10.0. The van der Waals surface area contributed by atoms with Gasteiger partial charge in [-0.3, -0.25) is 9.59 Å². The number of H-pyrrole nitrogens is 1. The lowest BCUT2D eigenvalue weighted by Crippen LogP contribution is -2.31. The van der Waals surface area contributed by atoms with Crippen LogP contribution in [0, 0.1) is 29.9 Å². The van der Waals surface area contributed by atoms with Crippen molar-refractivity contribution < 1.29 is 13.6 Å². The molecule has 0 spiro atoms. The quantitative estimate of drug-likeness (QED) is 0.717. The van der Waals surface area contributed by atoms with Crippen LogP contribution in [0.2, 0.25) is 0 Å². The minimum Gasteiger partial charge on any atom is -0.346 e. The molecule has 3 rings (SSSR count). The van der Waals surface area contributed by atoms with E-state index >= 15 is 0 Å². The molecule has 0 saturated heterocycles. The third-order valence-electron chi connectivity index (χ3n) is 4.34. The fourth-order valence-electron chi connectivity index (χ4n) is 2.84. The van der Waals surface area contributed by atoms with Gasteiger partial charge in [0.05, 0.1) is 23.5 Å². The Balaban J connectivity index is 1.83. The maximum absolute atomic E-state index is 13.6. The number of amides is 1. The highest BCUT2D eigenvalue weighted by molar-refractivity contribution is 5.86. The smallest absolute Gasteiger partial charge is 0.252 e. The largest absolute Gasteiger partial charge is 0.346 e. The first-order valence-corrected chi connectivity index (χ1v) is 8.32. The lowest BCUT2D eigenvalue weighted by molar-refractivity contribution is -0.121. The maximum atomic E-state index is 13.6. The second-order valence-corrected chi connectivity index (χ2v) is 6.28. The van der Waals surface area contributed by atoms with Crippen LogP contribution in [0.25, 0.3) is 10.9 Å². The Morgan fingerprint density at radius 2 is 1.93 bits per heavy atom. The molecule has 0 aliphatic rings. The standard InChI is InChI=1S/C19H15F2N5O2/c1-9-12-3-14(20)15(21)5-16(12)26-19(28)13(9)4-17(27)25-10(2)18-23-7-11(6-22)8-24-18/h3,5,7-8,10H,4H2,1-2H3,(H,25,27)(H,26,28)/t10-/m1/s1. The van der Waals surface area contributed by atoms with Gasteiger partial charge in [-0.2, -0.15) is 5.26 Å². The summed E-state index contributed by atoms with van der Waals surface area (Å²) in [4.78, 5) is 35.2. The Bertz CT molecular complexity index is 1170. The number of rotatable bonds is 4. The maximum Gasteiger partial charge on any atom is 0.252 e. The number of carbonyl (C=O) groups excluding carboxylic acids is 1. The van der Waals surface area contributed by atoms with Crippen molar-refractivity contribution in [3.63, 3.8) is 0 Å². The molecule has 2 N–H and O–H groups in total. The van der Waals surface area contributed by atoms with Crippen LogP contribution in [0.4, 0.5) is 8.78 Å². The second-order valence-electron chi connectivity index (χ2n) is 6.28. The van der Waals surface area contributed by atoms with Gasteiger partial charge in [-0.25, -0.2) is 18.7 Å². The van der Waals surface area contributed by atoms with Crippen molar-refractivity contribution >= 4 is 16.8 Å². The molecule has 0 saturated carbocycles. The molecule has 28 heavy (non-hydrogen) atoms.